The predicted octanol–water partition coefficient (Wildman–Crippen LogP) is 3.88. The predicted molar refractivity (Wildman–Crippen MR) is 104 cm³/mol. The number of hydrogen-bond acceptors (Lipinski definition) is 3. The van der Waals surface area contributed by atoms with E-state index in [4.69, 9.17) is 0 Å². The Labute approximate surface area is 153 Å². The van der Waals surface area contributed by atoms with Crippen molar-refractivity contribution in [2.24, 2.45) is 0 Å². The first-order valence-corrected chi connectivity index (χ1v) is 9.09. The number of rotatable bonds is 6. The van der Waals surface area contributed by atoms with E-state index in [0.29, 0.717) is 0 Å². The minimum atomic E-state index is -0.249. The van der Waals surface area contributed by atoms with Crippen LogP contribution in [0.3, 0.4) is 0 Å². The van der Waals surface area contributed by atoms with Gasteiger partial charge in [-0.3, -0.25) is 9.59 Å². The Hall–Kier alpha value is -2.27. The standard InChI is InChI=1S/C20H24N2O2S/c1-14-9-8-12-18(15(14)2)21-19(23)13-22(4)20(24)16(3)25-17-10-6-5-7-11-17/h5-12,16H,13H2,1-4H3,(H,21,23). The zero-order chi connectivity index (χ0) is 18.4. The average molecular weight is 356 g/mol. The van der Waals surface area contributed by atoms with Crippen LogP contribution in [0, 0.1) is 13.8 Å². The zero-order valence-electron chi connectivity index (χ0n) is 15.1. The van der Waals surface area contributed by atoms with Crippen molar-refractivity contribution in [2.75, 3.05) is 18.9 Å². The molecule has 0 bridgehead atoms. The van der Waals surface area contributed by atoms with Crippen molar-refractivity contribution in [2.45, 2.75) is 30.9 Å². The Morgan fingerprint density at radius 3 is 2.44 bits per heavy atom. The molecule has 0 aliphatic heterocycles. The van der Waals surface area contributed by atoms with Gasteiger partial charge in [0, 0.05) is 17.6 Å². The smallest absolute Gasteiger partial charge is 0.243 e. The quantitative estimate of drug-likeness (QED) is 0.799. The molecule has 2 aromatic rings. The van der Waals surface area contributed by atoms with Gasteiger partial charge in [0.2, 0.25) is 11.8 Å². The van der Waals surface area contributed by atoms with Gasteiger partial charge in [0.25, 0.3) is 0 Å². The minimum absolute atomic E-state index is 0.0336. The fourth-order valence-electron chi connectivity index (χ4n) is 2.43. The number of thioether (sulfide) groups is 1. The summed E-state index contributed by atoms with van der Waals surface area (Å²) in [5.74, 6) is -0.258. The van der Waals surface area contributed by atoms with Crippen LogP contribution < -0.4 is 5.32 Å². The van der Waals surface area contributed by atoms with Crippen molar-refractivity contribution >= 4 is 29.3 Å². The molecule has 0 aromatic heterocycles. The maximum atomic E-state index is 12.5. The molecule has 0 aliphatic rings. The third-order valence-electron chi connectivity index (χ3n) is 4.04. The number of nitrogens with one attached hydrogen (secondary N) is 1. The molecule has 0 radical (unpaired) electrons. The lowest BCUT2D eigenvalue weighted by Crippen LogP contribution is -2.39. The largest absolute Gasteiger partial charge is 0.335 e. The van der Waals surface area contributed by atoms with E-state index < -0.39 is 0 Å². The molecule has 5 heteroatoms. The molecule has 0 saturated heterocycles. The molecule has 1 N–H and O–H groups in total. The van der Waals surface area contributed by atoms with E-state index in [1.165, 1.54) is 16.7 Å². The van der Waals surface area contributed by atoms with E-state index in [1.54, 1.807) is 7.05 Å². The van der Waals surface area contributed by atoms with Gasteiger partial charge in [-0.05, 0) is 50.1 Å². The van der Waals surface area contributed by atoms with Crippen molar-refractivity contribution in [3.05, 3.63) is 59.7 Å². The number of benzene rings is 2. The minimum Gasteiger partial charge on any atom is -0.335 e. The first-order chi connectivity index (χ1) is 11.9. The van der Waals surface area contributed by atoms with Crippen LogP contribution in [0.4, 0.5) is 5.69 Å². The summed E-state index contributed by atoms with van der Waals surface area (Å²) in [6.45, 7) is 5.87. The molecule has 0 spiro atoms. The van der Waals surface area contributed by atoms with Crippen LogP contribution >= 0.6 is 11.8 Å². The third-order valence-corrected chi connectivity index (χ3v) is 5.14. The van der Waals surface area contributed by atoms with Crippen LogP contribution in [0.25, 0.3) is 0 Å². The fourth-order valence-corrected chi connectivity index (χ4v) is 3.44. The summed E-state index contributed by atoms with van der Waals surface area (Å²) in [5, 5.41) is 2.64. The van der Waals surface area contributed by atoms with Gasteiger partial charge in [-0.15, -0.1) is 11.8 Å². The van der Waals surface area contributed by atoms with Gasteiger partial charge >= 0.3 is 0 Å². The molecule has 0 heterocycles. The maximum absolute atomic E-state index is 12.5. The van der Waals surface area contributed by atoms with Gasteiger partial charge in [0.1, 0.15) is 0 Å². The van der Waals surface area contributed by atoms with Gasteiger partial charge in [-0.25, -0.2) is 0 Å². The summed E-state index contributed by atoms with van der Waals surface area (Å²) in [6, 6.07) is 15.6. The molecule has 132 valence electrons. The van der Waals surface area contributed by atoms with Crippen molar-refractivity contribution < 1.29 is 9.59 Å². The summed E-state index contributed by atoms with van der Waals surface area (Å²) >= 11 is 1.49. The van der Waals surface area contributed by atoms with Crippen molar-refractivity contribution in [1.82, 2.24) is 4.90 Å². The normalized spacial score (nSPS) is 11.7. The highest BCUT2D eigenvalue weighted by Gasteiger charge is 2.20. The van der Waals surface area contributed by atoms with E-state index in [0.717, 1.165) is 21.7 Å². The number of carbonyl (C=O) groups is 2. The maximum Gasteiger partial charge on any atom is 0.243 e. The second-order valence-electron chi connectivity index (χ2n) is 6.06. The van der Waals surface area contributed by atoms with Crippen LogP contribution in [0.1, 0.15) is 18.1 Å². The highest BCUT2D eigenvalue weighted by atomic mass is 32.2. The molecule has 1 unspecified atom stereocenters. The third kappa shape index (κ3) is 5.36. The highest BCUT2D eigenvalue weighted by Crippen LogP contribution is 2.24. The van der Waals surface area contributed by atoms with E-state index in [1.807, 2.05) is 69.3 Å². The number of amides is 2. The monoisotopic (exact) mass is 356 g/mol. The molecular weight excluding hydrogens is 332 g/mol. The van der Waals surface area contributed by atoms with E-state index in [2.05, 4.69) is 5.32 Å². The van der Waals surface area contributed by atoms with Crippen molar-refractivity contribution in [3.8, 4) is 0 Å². The number of nitrogens with zero attached hydrogens (tertiary/aromatic N) is 1. The average Bonchev–Trinajstić information content (AvgIpc) is 2.59. The Bertz CT molecular complexity index is 747. The number of likely N-dealkylation sites (N-methyl/N-ethyl adjacent to an activating group) is 1. The van der Waals surface area contributed by atoms with Crippen LogP contribution in [0.2, 0.25) is 0 Å². The lowest BCUT2D eigenvalue weighted by Gasteiger charge is -2.21. The first kappa shape index (κ1) is 19.1. The van der Waals surface area contributed by atoms with Crippen LogP contribution in [-0.2, 0) is 9.59 Å². The molecular formula is C20H24N2O2S. The molecule has 25 heavy (non-hydrogen) atoms. The molecule has 4 nitrogen and oxygen atoms in total. The molecule has 2 rings (SSSR count). The summed E-state index contributed by atoms with van der Waals surface area (Å²) in [7, 11) is 1.66. The van der Waals surface area contributed by atoms with Gasteiger partial charge < -0.3 is 10.2 Å². The van der Waals surface area contributed by atoms with Crippen molar-refractivity contribution in [3.63, 3.8) is 0 Å². The molecule has 1 atom stereocenters. The van der Waals surface area contributed by atoms with E-state index >= 15 is 0 Å². The lowest BCUT2D eigenvalue weighted by molar-refractivity contribution is -0.132. The number of aryl methyl sites for hydroxylation is 1. The lowest BCUT2D eigenvalue weighted by atomic mass is 10.1. The Kier molecular flexibility index (Phi) is 6.65. The first-order valence-electron chi connectivity index (χ1n) is 8.21. The Morgan fingerprint density at radius 1 is 1.08 bits per heavy atom. The van der Waals surface area contributed by atoms with Gasteiger partial charge in [0.15, 0.2) is 0 Å². The second-order valence-corrected chi connectivity index (χ2v) is 7.48. The topological polar surface area (TPSA) is 49.4 Å². The summed E-state index contributed by atoms with van der Waals surface area (Å²) < 4.78 is 0. The Balaban J connectivity index is 1.91. The SMILES string of the molecule is Cc1cccc(NC(=O)CN(C)C(=O)C(C)Sc2ccccc2)c1C. The molecule has 0 aliphatic carbocycles. The van der Waals surface area contributed by atoms with Crippen molar-refractivity contribution in [1.29, 1.82) is 0 Å². The van der Waals surface area contributed by atoms with Crippen LogP contribution in [0.15, 0.2) is 53.4 Å². The van der Waals surface area contributed by atoms with E-state index in [9.17, 15) is 9.59 Å². The summed E-state index contributed by atoms with van der Waals surface area (Å²) in [5.41, 5.74) is 2.95. The zero-order valence-corrected chi connectivity index (χ0v) is 15.9. The molecule has 2 aromatic carbocycles. The number of anilines is 1. The van der Waals surface area contributed by atoms with Gasteiger partial charge in [-0.2, -0.15) is 0 Å². The fraction of sp³-hybridized carbons (Fsp3) is 0.300. The second kappa shape index (κ2) is 8.72. The van der Waals surface area contributed by atoms with Gasteiger partial charge in [0.05, 0.1) is 11.8 Å². The Morgan fingerprint density at radius 2 is 1.76 bits per heavy atom. The number of hydrogen-bond donors (Lipinski definition) is 1. The van der Waals surface area contributed by atoms with Gasteiger partial charge in [-0.1, -0.05) is 30.3 Å². The molecule has 0 saturated carbocycles. The number of carbonyl (C=O) groups excluding carboxylic acids is 2. The molecule has 0 fully saturated rings. The summed E-state index contributed by atoms with van der Waals surface area (Å²) in [6.07, 6.45) is 0. The summed E-state index contributed by atoms with van der Waals surface area (Å²) in [4.78, 5) is 27.3. The van der Waals surface area contributed by atoms with Crippen LogP contribution in [0.5, 0.6) is 0 Å². The van der Waals surface area contributed by atoms with Crippen LogP contribution in [-0.4, -0.2) is 35.6 Å². The van der Waals surface area contributed by atoms with E-state index in [-0.39, 0.29) is 23.6 Å². The highest BCUT2D eigenvalue weighted by molar-refractivity contribution is 8.00. The molecule has 2 amide bonds.